The zero-order valence-corrected chi connectivity index (χ0v) is 27.3. The Morgan fingerprint density at radius 1 is 1.11 bits per heavy atom. The van der Waals surface area contributed by atoms with Gasteiger partial charge in [-0.15, -0.1) is 0 Å². The number of para-hydroxylation sites is 2. The second-order valence-electron chi connectivity index (χ2n) is 14.6. The number of rotatable bonds is 5. The van der Waals surface area contributed by atoms with E-state index in [1.165, 1.54) is 28.5 Å². The second kappa shape index (κ2) is 10.1. The van der Waals surface area contributed by atoms with Crippen molar-refractivity contribution in [2.75, 3.05) is 5.75 Å². The summed E-state index contributed by atoms with van der Waals surface area (Å²) >= 11 is 1.40. The number of carbonyl (C=O) groups is 1. The van der Waals surface area contributed by atoms with Gasteiger partial charge >= 0.3 is 0 Å². The molecule has 4 aliphatic carbocycles. The summed E-state index contributed by atoms with van der Waals surface area (Å²) in [4.78, 5) is 18.7. The third kappa shape index (κ3) is 4.14. The lowest BCUT2D eigenvalue weighted by molar-refractivity contribution is -0.177. The van der Waals surface area contributed by atoms with E-state index < -0.39 is 17.1 Å². The van der Waals surface area contributed by atoms with Gasteiger partial charge in [-0.25, -0.2) is 9.67 Å². The number of imidazole rings is 1. The van der Waals surface area contributed by atoms with Crippen LogP contribution in [0, 0.1) is 35.5 Å². The Balaban J connectivity index is 1.05. The first-order chi connectivity index (χ1) is 21.5. The number of allylic oxidation sites excluding steroid dienone is 1. The Hall–Kier alpha value is -3.20. The van der Waals surface area contributed by atoms with E-state index in [4.69, 9.17) is 10.1 Å². The Morgan fingerprint density at radius 3 is 2.67 bits per heavy atom. The normalized spacial score (nSPS) is 33.7. The van der Waals surface area contributed by atoms with Crippen LogP contribution >= 0.6 is 11.8 Å². The highest BCUT2D eigenvalue weighted by atomic mass is 32.2. The molecule has 0 saturated heterocycles. The number of fused-ring (bicyclic) bond motifs is 7. The van der Waals surface area contributed by atoms with Crippen LogP contribution in [-0.4, -0.2) is 52.8 Å². The van der Waals surface area contributed by atoms with E-state index in [0.717, 1.165) is 53.3 Å². The molecule has 7 atom stereocenters. The van der Waals surface area contributed by atoms with Crippen LogP contribution in [0.15, 0.2) is 65.5 Å². The number of carbonyl (C=O) groups excluding carboxylic acids is 1. The van der Waals surface area contributed by atoms with Gasteiger partial charge in [0.2, 0.25) is 0 Å². The largest absolute Gasteiger partial charge is 0.393 e. The highest BCUT2D eigenvalue weighted by Gasteiger charge is 2.68. The van der Waals surface area contributed by atoms with Gasteiger partial charge in [0.25, 0.3) is 0 Å². The lowest BCUT2D eigenvalue weighted by atomic mass is 9.45. The molecule has 0 radical (unpaired) electrons. The summed E-state index contributed by atoms with van der Waals surface area (Å²) < 4.78 is 4.06. The lowest BCUT2D eigenvalue weighted by Crippen LogP contribution is -2.62. The third-order valence-electron chi connectivity index (χ3n) is 12.4. The molecular weight excluding hydrogens is 580 g/mol. The van der Waals surface area contributed by atoms with Crippen LogP contribution in [0.4, 0.5) is 0 Å². The first-order valence-electron chi connectivity index (χ1n) is 16.4. The summed E-state index contributed by atoms with van der Waals surface area (Å²) in [5.74, 6) is 0.555. The maximum absolute atomic E-state index is 14.0. The number of aliphatic hydroxyl groups is 2. The Morgan fingerprint density at radius 2 is 1.89 bits per heavy atom. The minimum Gasteiger partial charge on any atom is -0.393 e. The maximum atomic E-state index is 14.0. The Bertz CT molecular complexity index is 1860. The zero-order valence-electron chi connectivity index (χ0n) is 26.5. The highest BCUT2D eigenvalue weighted by molar-refractivity contribution is 7.99. The molecular formula is C37H42N4O3S. The summed E-state index contributed by atoms with van der Waals surface area (Å²) in [6, 6.07) is 16.4. The minimum atomic E-state index is -1.45. The van der Waals surface area contributed by atoms with Crippen molar-refractivity contribution in [3.05, 3.63) is 77.1 Å². The molecule has 8 heteroatoms. The Kier molecular flexibility index (Phi) is 6.59. The van der Waals surface area contributed by atoms with Crippen molar-refractivity contribution in [2.45, 2.75) is 76.2 Å². The van der Waals surface area contributed by atoms with Crippen molar-refractivity contribution in [1.82, 2.24) is 19.3 Å². The molecule has 0 aliphatic heterocycles. The summed E-state index contributed by atoms with van der Waals surface area (Å²) in [6.45, 7) is 6.52. The predicted molar refractivity (Wildman–Crippen MR) is 177 cm³/mol. The third-order valence-corrected chi connectivity index (χ3v) is 13.4. The van der Waals surface area contributed by atoms with Gasteiger partial charge in [0.1, 0.15) is 5.60 Å². The van der Waals surface area contributed by atoms with E-state index in [2.05, 4.69) is 55.8 Å². The summed E-state index contributed by atoms with van der Waals surface area (Å²) in [6.07, 6.45) is 8.25. The predicted octanol–water partition coefficient (Wildman–Crippen LogP) is 6.31. The van der Waals surface area contributed by atoms with Gasteiger partial charge in [-0.2, -0.15) is 5.10 Å². The van der Waals surface area contributed by atoms with Crippen molar-refractivity contribution < 1.29 is 15.0 Å². The average Bonchev–Trinajstić information content (AvgIpc) is 3.66. The maximum Gasteiger partial charge on any atom is 0.175 e. The molecule has 8 rings (SSSR count). The number of thioether (sulfide) groups is 1. The van der Waals surface area contributed by atoms with Crippen molar-refractivity contribution >= 4 is 34.7 Å². The molecule has 3 fully saturated rings. The van der Waals surface area contributed by atoms with E-state index in [0.29, 0.717) is 12.8 Å². The molecule has 45 heavy (non-hydrogen) atoms. The quantitative estimate of drug-likeness (QED) is 0.254. The number of hydrogen-bond acceptors (Lipinski definition) is 6. The monoisotopic (exact) mass is 622 g/mol. The standard InChI is InChI=1S/C37H42N4O3S/c1-22-9-12-25(13-10-22)41-30-17-24-11-14-26-27-15-16-37(44,32(43)21-45-34-39-28-7-5-6-8-29(28)40(34)4)36(27,3)19-31(42)33(26)35(24,2)18-23(30)20-38-41/h5-10,12-13,17,20,26-27,31,33,42,44H,11,14-16,18-19,21H2,1-4H3/t26?,27?,31-,33?,35?,36?,37-/m0/s1. The summed E-state index contributed by atoms with van der Waals surface area (Å²) in [7, 11) is 1.97. The molecule has 2 N–H and O–H groups in total. The smallest absolute Gasteiger partial charge is 0.175 e. The van der Waals surface area contributed by atoms with Crippen molar-refractivity contribution in [3.8, 4) is 5.69 Å². The van der Waals surface area contributed by atoms with Gasteiger partial charge < -0.3 is 14.8 Å². The number of aryl methyl sites for hydroxylation is 2. The molecule has 234 valence electrons. The molecule has 2 heterocycles. The van der Waals surface area contributed by atoms with Gasteiger partial charge in [-0.3, -0.25) is 4.79 Å². The molecule has 4 aromatic rings. The number of ketones is 1. The fourth-order valence-electron chi connectivity index (χ4n) is 10.0. The molecule has 2 aromatic heterocycles. The van der Waals surface area contributed by atoms with E-state index >= 15 is 0 Å². The second-order valence-corrected chi connectivity index (χ2v) is 15.6. The number of hydrogen-bond donors (Lipinski definition) is 2. The first-order valence-corrected chi connectivity index (χ1v) is 17.3. The van der Waals surface area contributed by atoms with Crippen LogP contribution in [0.25, 0.3) is 22.8 Å². The number of aromatic nitrogens is 4. The number of aliphatic hydroxyl groups excluding tert-OH is 1. The molecule has 7 nitrogen and oxygen atoms in total. The summed E-state index contributed by atoms with van der Waals surface area (Å²) in [5, 5.41) is 29.8. The fourth-order valence-corrected chi connectivity index (χ4v) is 11.0. The van der Waals surface area contributed by atoms with Gasteiger partial charge in [0.15, 0.2) is 10.9 Å². The van der Waals surface area contributed by atoms with Crippen molar-refractivity contribution in [3.63, 3.8) is 0 Å². The zero-order chi connectivity index (χ0) is 31.3. The van der Waals surface area contributed by atoms with Gasteiger partial charge in [0, 0.05) is 12.5 Å². The van der Waals surface area contributed by atoms with Crippen molar-refractivity contribution in [1.29, 1.82) is 0 Å². The lowest BCUT2D eigenvalue weighted by Gasteiger charge is -2.60. The van der Waals surface area contributed by atoms with E-state index in [9.17, 15) is 15.0 Å². The van der Waals surface area contributed by atoms with Crippen LogP contribution in [0.1, 0.15) is 62.8 Å². The molecule has 0 bridgehead atoms. The number of nitrogens with zero attached hydrogens (tertiary/aromatic N) is 4. The number of benzene rings is 2. The van der Waals surface area contributed by atoms with E-state index in [-0.39, 0.29) is 34.7 Å². The molecule has 2 aromatic carbocycles. The highest BCUT2D eigenvalue weighted by Crippen LogP contribution is 2.67. The van der Waals surface area contributed by atoms with Crippen LogP contribution in [0.2, 0.25) is 0 Å². The SMILES string of the molecule is Cc1ccc(-n2ncc3c2C=C2CCC4C([C@@H](O)CC5(C)C4CC[C@]5(O)C(=O)CSc4nc5ccccc5n4C)C2(C)C3)cc1. The van der Waals surface area contributed by atoms with E-state index in [1.54, 1.807) is 0 Å². The van der Waals surface area contributed by atoms with Gasteiger partial charge in [0.05, 0.1) is 40.5 Å². The molecule has 5 unspecified atom stereocenters. The average molecular weight is 623 g/mol. The molecule has 0 amide bonds. The first kappa shape index (κ1) is 29.2. The Labute approximate surface area is 268 Å². The van der Waals surface area contributed by atoms with Crippen LogP contribution < -0.4 is 0 Å². The van der Waals surface area contributed by atoms with Crippen LogP contribution in [-0.2, 0) is 18.3 Å². The van der Waals surface area contributed by atoms with Crippen LogP contribution in [0.3, 0.4) is 0 Å². The molecule has 3 saturated carbocycles. The number of Topliss-reactive ketones (excluding diaryl/α,β-unsaturated/α-hetero) is 1. The van der Waals surface area contributed by atoms with Crippen molar-refractivity contribution in [2.24, 2.45) is 35.6 Å². The topological polar surface area (TPSA) is 93.2 Å². The van der Waals surface area contributed by atoms with E-state index in [1.807, 2.05) is 42.1 Å². The van der Waals surface area contributed by atoms with Crippen LogP contribution in [0.5, 0.6) is 0 Å². The minimum absolute atomic E-state index is 0.0817. The van der Waals surface area contributed by atoms with Gasteiger partial charge in [-0.1, -0.05) is 61.0 Å². The molecule has 4 aliphatic rings. The van der Waals surface area contributed by atoms with Gasteiger partial charge in [-0.05, 0) is 105 Å². The molecule has 0 spiro atoms. The summed E-state index contributed by atoms with van der Waals surface area (Å²) in [5.41, 5.74) is 5.69. The fraction of sp³-hybridized carbons (Fsp3) is 0.486.